The number of allylic oxidation sites excluding steroid dienone is 1. The predicted octanol–water partition coefficient (Wildman–Crippen LogP) is 3.86. The van der Waals surface area contributed by atoms with Gasteiger partial charge in [-0.15, -0.1) is 0 Å². The second-order valence-electron chi connectivity index (χ2n) is 5.79. The fourth-order valence-corrected chi connectivity index (χ4v) is 4.86. The minimum absolute atomic E-state index is 0.198. The Labute approximate surface area is 149 Å². The predicted molar refractivity (Wildman–Crippen MR) is 102 cm³/mol. The standard InChI is InChI=1S/C21H21NOSe/c1-3-4-6-14-18-17-13-9-10-15-19(17)22(2)20(18)21(23)24-16-11-7-5-8-12-16/h3,5,7-13,15H,1,4,6,14H2,2H3. The number of unbranched alkanes of at least 4 members (excludes halogenated alkanes) is 1. The Morgan fingerprint density at radius 2 is 1.83 bits per heavy atom. The molecule has 3 rings (SSSR count). The molecule has 0 amide bonds. The molecule has 2 aromatic carbocycles. The normalized spacial score (nSPS) is 10.9. The molecule has 1 aromatic heterocycles. The molecule has 0 radical (unpaired) electrons. The molecule has 0 bridgehead atoms. The van der Waals surface area contributed by atoms with E-state index in [0.717, 1.165) is 34.9 Å². The van der Waals surface area contributed by atoms with Gasteiger partial charge in [-0.1, -0.05) is 0 Å². The Balaban J connectivity index is 2.01. The Morgan fingerprint density at radius 1 is 1.12 bits per heavy atom. The number of aromatic nitrogens is 1. The molecule has 0 atom stereocenters. The summed E-state index contributed by atoms with van der Waals surface area (Å²) in [5.74, 6) is 0. The number of carbonyl (C=O) groups is 1. The van der Waals surface area contributed by atoms with Gasteiger partial charge in [-0.2, -0.15) is 0 Å². The van der Waals surface area contributed by atoms with Crippen molar-refractivity contribution in [2.45, 2.75) is 19.3 Å². The van der Waals surface area contributed by atoms with Crippen LogP contribution < -0.4 is 4.46 Å². The van der Waals surface area contributed by atoms with E-state index < -0.39 is 0 Å². The molecule has 24 heavy (non-hydrogen) atoms. The summed E-state index contributed by atoms with van der Waals surface area (Å²) in [6, 6.07) is 18.4. The van der Waals surface area contributed by atoms with Crippen molar-refractivity contribution in [1.29, 1.82) is 0 Å². The molecular weight excluding hydrogens is 361 g/mol. The fraction of sp³-hybridized carbons (Fsp3) is 0.190. The molecular formula is C21H21NOSe. The van der Waals surface area contributed by atoms with Crippen LogP contribution in [0, 0.1) is 0 Å². The van der Waals surface area contributed by atoms with Gasteiger partial charge in [-0.25, -0.2) is 0 Å². The molecule has 0 spiro atoms. The van der Waals surface area contributed by atoms with Gasteiger partial charge in [0.25, 0.3) is 0 Å². The molecule has 0 unspecified atom stereocenters. The van der Waals surface area contributed by atoms with Gasteiger partial charge in [0.15, 0.2) is 0 Å². The van der Waals surface area contributed by atoms with Crippen molar-refractivity contribution in [1.82, 2.24) is 4.57 Å². The SMILES string of the molecule is C=CCCCc1c(C(=O)[Se]c2ccccc2)n(C)c2ccccc12. The first-order valence-corrected chi connectivity index (χ1v) is 9.88. The van der Waals surface area contributed by atoms with E-state index in [1.807, 2.05) is 49.5 Å². The van der Waals surface area contributed by atoms with E-state index in [9.17, 15) is 4.79 Å². The number of hydrogen-bond acceptors (Lipinski definition) is 1. The summed E-state index contributed by atoms with van der Waals surface area (Å²) in [6.45, 7) is 3.80. The number of para-hydroxylation sites is 1. The summed E-state index contributed by atoms with van der Waals surface area (Å²) in [5, 5.41) is 1.20. The van der Waals surface area contributed by atoms with E-state index in [-0.39, 0.29) is 19.6 Å². The third-order valence-electron chi connectivity index (χ3n) is 4.19. The van der Waals surface area contributed by atoms with Crippen LogP contribution in [-0.4, -0.2) is 24.2 Å². The molecule has 0 saturated heterocycles. The van der Waals surface area contributed by atoms with E-state index in [1.165, 1.54) is 10.9 Å². The second kappa shape index (κ2) is 7.65. The van der Waals surface area contributed by atoms with E-state index in [1.54, 1.807) is 0 Å². The Morgan fingerprint density at radius 3 is 2.58 bits per heavy atom. The van der Waals surface area contributed by atoms with E-state index in [4.69, 9.17) is 0 Å². The van der Waals surface area contributed by atoms with Crippen LogP contribution >= 0.6 is 0 Å². The zero-order chi connectivity index (χ0) is 16.9. The van der Waals surface area contributed by atoms with Crippen LogP contribution in [-0.2, 0) is 13.5 Å². The maximum absolute atomic E-state index is 13.0. The van der Waals surface area contributed by atoms with Crippen molar-refractivity contribution < 1.29 is 4.79 Å². The van der Waals surface area contributed by atoms with Crippen molar-refractivity contribution in [2.24, 2.45) is 7.05 Å². The quantitative estimate of drug-likeness (QED) is 0.346. The molecule has 1 heterocycles. The van der Waals surface area contributed by atoms with Crippen LogP contribution in [0.4, 0.5) is 0 Å². The Kier molecular flexibility index (Phi) is 5.34. The number of benzene rings is 2. The summed E-state index contributed by atoms with van der Waals surface area (Å²) in [7, 11) is 2.01. The number of rotatable bonds is 7. The van der Waals surface area contributed by atoms with Gasteiger partial charge in [-0.3, -0.25) is 0 Å². The average Bonchev–Trinajstić information content (AvgIpc) is 2.89. The average molecular weight is 382 g/mol. The summed E-state index contributed by atoms with van der Waals surface area (Å²) < 4.78 is 3.45. The van der Waals surface area contributed by atoms with E-state index in [0.29, 0.717) is 0 Å². The van der Waals surface area contributed by atoms with Gasteiger partial charge >= 0.3 is 149 Å². The van der Waals surface area contributed by atoms with E-state index in [2.05, 4.69) is 29.3 Å². The zero-order valence-electron chi connectivity index (χ0n) is 13.9. The van der Waals surface area contributed by atoms with Crippen LogP contribution in [0.2, 0.25) is 0 Å². The van der Waals surface area contributed by atoms with Gasteiger partial charge in [0.05, 0.1) is 0 Å². The van der Waals surface area contributed by atoms with Gasteiger partial charge in [0, 0.05) is 0 Å². The number of aryl methyl sites for hydroxylation is 2. The summed E-state index contributed by atoms with van der Waals surface area (Å²) in [4.78, 5) is 13.0. The fourth-order valence-electron chi connectivity index (χ4n) is 3.05. The number of hydrogen-bond donors (Lipinski definition) is 0. The van der Waals surface area contributed by atoms with Gasteiger partial charge < -0.3 is 0 Å². The monoisotopic (exact) mass is 383 g/mol. The van der Waals surface area contributed by atoms with Crippen LogP contribution in [0.25, 0.3) is 10.9 Å². The first-order valence-electron chi connectivity index (χ1n) is 8.16. The van der Waals surface area contributed by atoms with Crippen LogP contribution in [0.15, 0.2) is 67.3 Å². The topological polar surface area (TPSA) is 22.0 Å². The molecule has 3 aromatic rings. The van der Waals surface area contributed by atoms with Crippen LogP contribution in [0.5, 0.6) is 0 Å². The molecule has 0 fully saturated rings. The number of carbonyl (C=O) groups excluding carboxylic acids is 1. The van der Waals surface area contributed by atoms with Crippen molar-refractivity contribution in [3.05, 3.63) is 78.5 Å². The second-order valence-corrected chi connectivity index (χ2v) is 7.98. The number of fused-ring (bicyclic) bond motifs is 1. The molecule has 0 aliphatic carbocycles. The number of nitrogens with zero attached hydrogens (tertiary/aromatic N) is 1. The Hall–Kier alpha value is -2.09. The minimum atomic E-state index is -0.198. The molecule has 3 heteroatoms. The van der Waals surface area contributed by atoms with Crippen LogP contribution in [0.1, 0.15) is 28.9 Å². The Bertz CT molecular complexity index is 864. The zero-order valence-corrected chi connectivity index (χ0v) is 15.6. The molecule has 122 valence electrons. The molecule has 0 aliphatic heterocycles. The maximum atomic E-state index is 13.0. The van der Waals surface area contributed by atoms with Crippen LogP contribution in [0.3, 0.4) is 0 Å². The van der Waals surface area contributed by atoms with Crippen molar-refractivity contribution in [3.63, 3.8) is 0 Å². The van der Waals surface area contributed by atoms with Crippen molar-refractivity contribution in [3.8, 4) is 0 Å². The molecule has 2 nitrogen and oxygen atoms in total. The third kappa shape index (κ3) is 3.38. The van der Waals surface area contributed by atoms with Crippen molar-refractivity contribution in [2.75, 3.05) is 0 Å². The molecule has 0 aliphatic rings. The molecule has 0 saturated carbocycles. The first-order chi connectivity index (χ1) is 11.7. The third-order valence-corrected chi connectivity index (χ3v) is 6.05. The summed E-state index contributed by atoms with van der Waals surface area (Å²) in [6.07, 6.45) is 4.86. The van der Waals surface area contributed by atoms with Gasteiger partial charge in [-0.05, 0) is 0 Å². The molecule has 0 N–H and O–H groups in total. The summed E-state index contributed by atoms with van der Waals surface area (Å²) >= 11 is -0.198. The summed E-state index contributed by atoms with van der Waals surface area (Å²) in [5.41, 5.74) is 3.21. The van der Waals surface area contributed by atoms with Gasteiger partial charge in [0.2, 0.25) is 0 Å². The van der Waals surface area contributed by atoms with E-state index >= 15 is 0 Å². The van der Waals surface area contributed by atoms with Gasteiger partial charge in [0.1, 0.15) is 0 Å². The van der Waals surface area contributed by atoms with Crippen molar-refractivity contribution >= 4 is 35.0 Å². The first kappa shape index (κ1) is 16.8.